The molecule has 0 heterocycles. The molecule has 0 spiro atoms. The second-order valence-corrected chi connectivity index (χ2v) is 3.71. The third-order valence-electron chi connectivity index (χ3n) is 1.60. The maximum atomic E-state index is 11.8. The van der Waals surface area contributed by atoms with Crippen molar-refractivity contribution in [2.75, 3.05) is 0 Å². The van der Waals surface area contributed by atoms with Gasteiger partial charge in [0.05, 0.1) is 16.5 Å². The van der Waals surface area contributed by atoms with Crippen LogP contribution in [-0.2, 0) is 0 Å². The first-order valence-electron chi connectivity index (χ1n) is 4.07. The fourth-order valence-corrected chi connectivity index (χ4v) is 1.25. The average molecular weight is 255 g/mol. The summed E-state index contributed by atoms with van der Waals surface area (Å²) in [6, 6.07) is 4.65. The van der Waals surface area contributed by atoms with Gasteiger partial charge in [-0.15, -0.1) is 0 Å². The molecule has 0 saturated carbocycles. The molecular weight excluding hydrogens is 248 g/mol. The zero-order valence-corrected chi connectivity index (χ0v) is 9.00. The molecule has 0 aromatic heterocycles. The molecule has 0 atom stereocenters. The van der Waals surface area contributed by atoms with Gasteiger partial charge in [-0.25, -0.2) is 0 Å². The largest absolute Gasteiger partial charge is 0.392 e. The Balaban J connectivity index is 2.69. The standard InChI is InChI=1S/C10H7Cl2F3/c11-8-4-3-7(6-9(8)12)2-1-5-10(13,14)15/h1-4,6H,5H2/b2-1+. The highest BCUT2D eigenvalue weighted by molar-refractivity contribution is 6.42. The molecule has 5 heteroatoms. The molecule has 1 aromatic carbocycles. The molecule has 0 aliphatic heterocycles. The van der Waals surface area contributed by atoms with Crippen molar-refractivity contribution in [3.8, 4) is 0 Å². The molecule has 15 heavy (non-hydrogen) atoms. The molecule has 0 bridgehead atoms. The van der Waals surface area contributed by atoms with Crippen molar-refractivity contribution in [2.24, 2.45) is 0 Å². The minimum atomic E-state index is -4.17. The smallest absolute Gasteiger partial charge is 0.171 e. The van der Waals surface area contributed by atoms with Gasteiger partial charge in [-0.05, 0) is 17.7 Å². The summed E-state index contributed by atoms with van der Waals surface area (Å²) in [7, 11) is 0. The molecule has 0 N–H and O–H groups in total. The molecule has 1 rings (SSSR count). The van der Waals surface area contributed by atoms with Crippen molar-refractivity contribution in [3.05, 3.63) is 39.9 Å². The highest BCUT2D eigenvalue weighted by Gasteiger charge is 2.24. The van der Waals surface area contributed by atoms with E-state index in [1.54, 1.807) is 6.07 Å². The quantitative estimate of drug-likeness (QED) is 0.700. The highest BCUT2D eigenvalue weighted by atomic mass is 35.5. The van der Waals surface area contributed by atoms with Crippen molar-refractivity contribution >= 4 is 29.3 Å². The minimum Gasteiger partial charge on any atom is -0.171 e. The van der Waals surface area contributed by atoms with Crippen LogP contribution in [0.15, 0.2) is 24.3 Å². The summed E-state index contributed by atoms with van der Waals surface area (Å²) in [4.78, 5) is 0. The highest BCUT2D eigenvalue weighted by Crippen LogP contribution is 2.24. The Morgan fingerprint density at radius 3 is 2.33 bits per heavy atom. The van der Waals surface area contributed by atoms with Gasteiger partial charge in [0, 0.05) is 0 Å². The average Bonchev–Trinajstić information content (AvgIpc) is 2.09. The summed E-state index contributed by atoms with van der Waals surface area (Å²) in [5, 5.41) is 0.704. The Morgan fingerprint density at radius 1 is 1.13 bits per heavy atom. The number of halogens is 5. The fourth-order valence-electron chi connectivity index (χ4n) is 0.945. The van der Waals surface area contributed by atoms with E-state index in [4.69, 9.17) is 23.2 Å². The minimum absolute atomic E-state index is 0.325. The van der Waals surface area contributed by atoms with Crippen LogP contribution in [0.1, 0.15) is 12.0 Å². The summed E-state index contributed by atoms with van der Waals surface area (Å²) in [6.45, 7) is 0. The first-order valence-corrected chi connectivity index (χ1v) is 4.82. The van der Waals surface area contributed by atoms with Crippen molar-refractivity contribution in [1.82, 2.24) is 0 Å². The van der Waals surface area contributed by atoms with Gasteiger partial charge in [0.1, 0.15) is 0 Å². The van der Waals surface area contributed by atoms with E-state index in [0.717, 1.165) is 6.08 Å². The Labute approximate surface area is 95.3 Å². The van der Waals surface area contributed by atoms with Crippen molar-refractivity contribution < 1.29 is 13.2 Å². The van der Waals surface area contributed by atoms with Crippen LogP contribution in [0.3, 0.4) is 0 Å². The summed E-state index contributed by atoms with van der Waals surface area (Å²) in [5.41, 5.74) is 0.591. The third-order valence-corrected chi connectivity index (χ3v) is 2.34. The number of allylic oxidation sites excluding steroid dienone is 1. The first kappa shape index (κ1) is 12.4. The van der Waals surface area contributed by atoms with Crippen LogP contribution in [0.2, 0.25) is 10.0 Å². The van der Waals surface area contributed by atoms with Gasteiger partial charge in [0.2, 0.25) is 0 Å². The van der Waals surface area contributed by atoms with Crippen LogP contribution in [0.25, 0.3) is 6.08 Å². The predicted octanol–water partition coefficient (Wildman–Crippen LogP) is 4.96. The van der Waals surface area contributed by atoms with E-state index in [2.05, 4.69) is 0 Å². The number of benzene rings is 1. The molecule has 0 amide bonds. The van der Waals surface area contributed by atoms with Gasteiger partial charge in [-0.1, -0.05) is 41.4 Å². The zero-order valence-electron chi connectivity index (χ0n) is 7.48. The number of hydrogen-bond acceptors (Lipinski definition) is 0. The Kier molecular flexibility index (Phi) is 4.05. The van der Waals surface area contributed by atoms with Gasteiger partial charge in [-0.3, -0.25) is 0 Å². The molecule has 0 nitrogen and oxygen atoms in total. The maximum absolute atomic E-state index is 11.8. The number of rotatable bonds is 2. The molecule has 82 valence electrons. The summed E-state index contributed by atoms with van der Waals surface area (Å²) >= 11 is 11.3. The summed E-state index contributed by atoms with van der Waals surface area (Å²) in [6.07, 6.45) is -2.73. The normalized spacial score (nSPS) is 12.3. The monoisotopic (exact) mass is 254 g/mol. The second kappa shape index (κ2) is 4.90. The van der Waals surface area contributed by atoms with Crippen molar-refractivity contribution in [3.63, 3.8) is 0 Å². The van der Waals surface area contributed by atoms with Crippen LogP contribution < -0.4 is 0 Å². The molecule has 0 radical (unpaired) electrons. The number of alkyl halides is 3. The van der Waals surface area contributed by atoms with Crippen LogP contribution in [0, 0.1) is 0 Å². The van der Waals surface area contributed by atoms with E-state index in [1.807, 2.05) is 0 Å². The lowest BCUT2D eigenvalue weighted by Gasteiger charge is -2.01. The number of hydrogen-bond donors (Lipinski definition) is 0. The van der Waals surface area contributed by atoms with E-state index >= 15 is 0 Å². The topological polar surface area (TPSA) is 0 Å². The summed E-state index contributed by atoms with van der Waals surface area (Å²) < 4.78 is 35.4. The van der Waals surface area contributed by atoms with E-state index < -0.39 is 12.6 Å². The summed E-state index contributed by atoms with van der Waals surface area (Å²) in [5.74, 6) is 0. The van der Waals surface area contributed by atoms with Gasteiger partial charge in [0.25, 0.3) is 0 Å². The van der Waals surface area contributed by atoms with E-state index in [0.29, 0.717) is 15.6 Å². The van der Waals surface area contributed by atoms with Gasteiger partial charge in [-0.2, -0.15) is 13.2 Å². The molecule has 0 aliphatic rings. The van der Waals surface area contributed by atoms with Gasteiger partial charge >= 0.3 is 6.18 Å². The third kappa shape index (κ3) is 4.58. The Bertz CT molecular complexity index is 369. The molecule has 0 fully saturated rings. The second-order valence-electron chi connectivity index (χ2n) is 2.90. The molecule has 1 aromatic rings. The lowest BCUT2D eigenvalue weighted by atomic mass is 10.2. The first-order chi connectivity index (χ1) is 6.88. The fraction of sp³-hybridized carbons (Fsp3) is 0.200. The predicted molar refractivity (Wildman–Crippen MR) is 56.2 cm³/mol. The molecule has 0 aliphatic carbocycles. The maximum Gasteiger partial charge on any atom is 0.392 e. The van der Waals surface area contributed by atoms with Crippen LogP contribution in [-0.4, -0.2) is 6.18 Å². The van der Waals surface area contributed by atoms with Crippen LogP contribution in [0.4, 0.5) is 13.2 Å². The van der Waals surface area contributed by atoms with Gasteiger partial charge < -0.3 is 0 Å². The van der Waals surface area contributed by atoms with Crippen LogP contribution >= 0.6 is 23.2 Å². The molecule has 0 saturated heterocycles. The molecule has 0 unspecified atom stereocenters. The molecular formula is C10H7Cl2F3. The van der Waals surface area contributed by atoms with Crippen molar-refractivity contribution in [1.29, 1.82) is 0 Å². The Hall–Kier alpha value is -0.670. The van der Waals surface area contributed by atoms with Gasteiger partial charge in [0.15, 0.2) is 0 Å². The SMILES string of the molecule is FC(F)(F)C/C=C/c1ccc(Cl)c(Cl)c1. The van der Waals surface area contributed by atoms with Crippen LogP contribution in [0.5, 0.6) is 0 Å². The van der Waals surface area contributed by atoms with E-state index in [-0.39, 0.29) is 0 Å². The van der Waals surface area contributed by atoms with E-state index in [1.165, 1.54) is 18.2 Å². The lowest BCUT2D eigenvalue weighted by Crippen LogP contribution is -2.03. The lowest BCUT2D eigenvalue weighted by molar-refractivity contribution is -0.124. The Morgan fingerprint density at radius 2 is 1.80 bits per heavy atom. The van der Waals surface area contributed by atoms with Crippen molar-refractivity contribution in [2.45, 2.75) is 12.6 Å². The zero-order chi connectivity index (χ0) is 11.5. The van der Waals surface area contributed by atoms with E-state index in [9.17, 15) is 13.2 Å².